The highest BCUT2D eigenvalue weighted by atomic mass is 16.2. The van der Waals surface area contributed by atoms with E-state index in [2.05, 4.69) is 13.8 Å². The molecule has 3 heteroatoms. The Bertz CT molecular complexity index is 330. The van der Waals surface area contributed by atoms with E-state index >= 15 is 0 Å². The van der Waals surface area contributed by atoms with Gasteiger partial charge in [0, 0.05) is 12.2 Å². The summed E-state index contributed by atoms with van der Waals surface area (Å²) in [4.78, 5) is 12.6. The molecule has 0 aliphatic heterocycles. The lowest BCUT2D eigenvalue weighted by atomic mass is 10.0. The van der Waals surface area contributed by atoms with Crippen molar-refractivity contribution in [2.75, 3.05) is 11.4 Å². The summed E-state index contributed by atoms with van der Waals surface area (Å²) in [7, 11) is 0. The molecule has 0 aliphatic rings. The molecule has 0 aromatic heterocycles. The number of carbonyl (C=O) groups excluding carboxylic acids is 1. The minimum atomic E-state index is -0.408. The Kier molecular flexibility index (Phi) is 3.72. The average molecular weight is 206 g/mol. The van der Waals surface area contributed by atoms with Crippen LogP contribution in [-0.4, -0.2) is 12.6 Å². The van der Waals surface area contributed by atoms with Crippen LogP contribution < -0.4 is 10.6 Å². The number of hydrogen-bond acceptors (Lipinski definition) is 1. The molecule has 0 atom stereocenters. The Hall–Kier alpha value is -1.51. The van der Waals surface area contributed by atoms with E-state index in [1.54, 1.807) is 4.90 Å². The van der Waals surface area contributed by atoms with Crippen molar-refractivity contribution in [1.29, 1.82) is 0 Å². The van der Waals surface area contributed by atoms with Crippen LogP contribution in [0, 0.1) is 0 Å². The third kappa shape index (κ3) is 2.72. The first-order chi connectivity index (χ1) is 7.06. The van der Waals surface area contributed by atoms with Crippen molar-refractivity contribution in [3.63, 3.8) is 0 Å². The normalized spacial score (nSPS) is 10.4. The van der Waals surface area contributed by atoms with E-state index in [0.29, 0.717) is 12.5 Å². The van der Waals surface area contributed by atoms with Crippen molar-refractivity contribution >= 4 is 11.7 Å². The molecule has 0 spiro atoms. The van der Waals surface area contributed by atoms with Crippen LogP contribution >= 0.6 is 0 Å². The van der Waals surface area contributed by atoms with Gasteiger partial charge >= 0.3 is 6.03 Å². The summed E-state index contributed by atoms with van der Waals surface area (Å²) < 4.78 is 0. The van der Waals surface area contributed by atoms with E-state index in [0.717, 1.165) is 5.69 Å². The van der Waals surface area contributed by atoms with Gasteiger partial charge in [-0.3, -0.25) is 4.90 Å². The lowest BCUT2D eigenvalue weighted by Crippen LogP contribution is -2.35. The predicted molar refractivity (Wildman–Crippen MR) is 63.1 cm³/mol. The third-order valence-electron chi connectivity index (χ3n) is 2.45. The standard InChI is InChI=1S/C12H18N2O/c1-4-14(12(13)15)11-7-5-10(6-8-11)9(2)3/h5-9H,4H2,1-3H3,(H2,13,15). The molecular weight excluding hydrogens is 188 g/mol. The minimum Gasteiger partial charge on any atom is -0.351 e. The van der Waals surface area contributed by atoms with Gasteiger partial charge in [-0.05, 0) is 30.5 Å². The van der Waals surface area contributed by atoms with Crippen molar-refractivity contribution in [1.82, 2.24) is 0 Å². The molecule has 2 amide bonds. The lowest BCUT2D eigenvalue weighted by molar-refractivity contribution is 0.254. The molecule has 1 aromatic carbocycles. The number of hydrogen-bond donors (Lipinski definition) is 1. The number of nitrogens with zero attached hydrogens (tertiary/aromatic N) is 1. The van der Waals surface area contributed by atoms with Crippen LogP contribution in [0.2, 0.25) is 0 Å². The summed E-state index contributed by atoms with van der Waals surface area (Å²) in [5.74, 6) is 0.503. The Balaban J connectivity index is 2.92. The fourth-order valence-corrected chi connectivity index (χ4v) is 1.50. The first-order valence-corrected chi connectivity index (χ1v) is 5.23. The third-order valence-corrected chi connectivity index (χ3v) is 2.45. The quantitative estimate of drug-likeness (QED) is 0.812. The van der Waals surface area contributed by atoms with Gasteiger partial charge in [-0.25, -0.2) is 4.79 Å². The molecule has 0 bridgehead atoms. The largest absolute Gasteiger partial charge is 0.351 e. The number of nitrogens with two attached hydrogens (primary N) is 1. The molecule has 0 saturated carbocycles. The van der Waals surface area contributed by atoms with Crippen molar-refractivity contribution in [2.45, 2.75) is 26.7 Å². The zero-order chi connectivity index (χ0) is 11.4. The molecule has 15 heavy (non-hydrogen) atoms. The molecule has 1 aromatic rings. The van der Waals surface area contributed by atoms with Gasteiger partial charge in [0.2, 0.25) is 0 Å². The first-order valence-electron chi connectivity index (χ1n) is 5.23. The van der Waals surface area contributed by atoms with Crippen LogP contribution in [0.15, 0.2) is 24.3 Å². The maximum Gasteiger partial charge on any atom is 0.319 e. The fourth-order valence-electron chi connectivity index (χ4n) is 1.50. The van der Waals surface area contributed by atoms with Crippen LogP contribution in [0.4, 0.5) is 10.5 Å². The monoisotopic (exact) mass is 206 g/mol. The van der Waals surface area contributed by atoms with Crippen molar-refractivity contribution in [3.05, 3.63) is 29.8 Å². The maximum atomic E-state index is 11.1. The average Bonchev–Trinajstić information content (AvgIpc) is 2.19. The van der Waals surface area contributed by atoms with Crippen molar-refractivity contribution in [3.8, 4) is 0 Å². The van der Waals surface area contributed by atoms with Gasteiger partial charge < -0.3 is 5.73 Å². The van der Waals surface area contributed by atoms with E-state index in [1.807, 2.05) is 31.2 Å². The molecule has 0 fully saturated rings. The van der Waals surface area contributed by atoms with Crippen LogP contribution in [0.3, 0.4) is 0 Å². The second-order valence-corrected chi connectivity index (χ2v) is 3.83. The van der Waals surface area contributed by atoms with E-state index in [9.17, 15) is 4.79 Å². The highest BCUT2D eigenvalue weighted by Gasteiger charge is 2.09. The summed E-state index contributed by atoms with van der Waals surface area (Å²) in [5.41, 5.74) is 7.38. The summed E-state index contributed by atoms with van der Waals surface area (Å²) in [6.07, 6.45) is 0. The SMILES string of the molecule is CCN(C(N)=O)c1ccc(C(C)C)cc1. The predicted octanol–water partition coefficient (Wildman–Crippen LogP) is 2.72. The number of urea groups is 1. The fraction of sp³-hybridized carbons (Fsp3) is 0.417. The van der Waals surface area contributed by atoms with Gasteiger partial charge in [-0.1, -0.05) is 26.0 Å². The molecule has 0 unspecified atom stereocenters. The zero-order valence-electron chi connectivity index (χ0n) is 9.53. The summed E-state index contributed by atoms with van der Waals surface area (Å²) >= 11 is 0. The van der Waals surface area contributed by atoms with Crippen molar-refractivity contribution < 1.29 is 4.79 Å². The molecule has 82 valence electrons. The molecule has 1 rings (SSSR count). The van der Waals surface area contributed by atoms with Gasteiger partial charge in [-0.2, -0.15) is 0 Å². The van der Waals surface area contributed by atoms with Gasteiger partial charge in [0.15, 0.2) is 0 Å². The Morgan fingerprint density at radius 2 is 1.87 bits per heavy atom. The Morgan fingerprint density at radius 1 is 1.33 bits per heavy atom. The van der Waals surface area contributed by atoms with E-state index in [4.69, 9.17) is 5.73 Å². The van der Waals surface area contributed by atoms with E-state index in [-0.39, 0.29) is 0 Å². The minimum absolute atomic E-state index is 0.408. The maximum absolute atomic E-state index is 11.1. The lowest BCUT2D eigenvalue weighted by Gasteiger charge is -2.18. The van der Waals surface area contributed by atoms with Crippen molar-refractivity contribution in [2.24, 2.45) is 5.73 Å². The zero-order valence-corrected chi connectivity index (χ0v) is 9.53. The summed E-state index contributed by atoms with van der Waals surface area (Å²) in [6, 6.07) is 7.53. The number of anilines is 1. The smallest absolute Gasteiger partial charge is 0.319 e. The molecule has 0 saturated heterocycles. The summed E-state index contributed by atoms with van der Waals surface area (Å²) in [6.45, 7) is 6.78. The second kappa shape index (κ2) is 4.82. The molecule has 0 radical (unpaired) electrons. The van der Waals surface area contributed by atoms with Gasteiger partial charge in [0.1, 0.15) is 0 Å². The first kappa shape index (κ1) is 11.6. The Morgan fingerprint density at radius 3 is 2.20 bits per heavy atom. The number of amides is 2. The number of carbonyl (C=O) groups is 1. The molecule has 0 aliphatic carbocycles. The van der Waals surface area contributed by atoms with Crippen LogP contribution in [0.5, 0.6) is 0 Å². The van der Waals surface area contributed by atoms with E-state index < -0.39 is 6.03 Å². The van der Waals surface area contributed by atoms with Gasteiger partial charge in [0.05, 0.1) is 0 Å². The highest BCUT2D eigenvalue weighted by Crippen LogP contribution is 2.19. The van der Waals surface area contributed by atoms with Crippen LogP contribution in [0.25, 0.3) is 0 Å². The van der Waals surface area contributed by atoms with Gasteiger partial charge in [-0.15, -0.1) is 0 Å². The van der Waals surface area contributed by atoms with E-state index in [1.165, 1.54) is 5.56 Å². The number of rotatable bonds is 3. The highest BCUT2D eigenvalue weighted by molar-refractivity contribution is 5.90. The van der Waals surface area contributed by atoms with Crippen LogP contribution in [-0.2, 0) is 0 Å². The van der Waals surface area contributed by atoms with Gasteiger partial charge in [0.25, 0.3) is 0 Å². The molecular formula is C12H18N2O. The molecule has 3 nitrogen and oxygen atoms in total. The topological polar surface area (TPSA) is 46.3 Å². The summed E-state index contributed by atoms with van der Waals surface area (Å²) in [5, 5.41) is 0. The molecule has 0 heterocycles. The molecule has 2 N–H and O–H groups in total. The number of benzene rings is 1. The van der Waals surface area contributed by atoms with Crippen LogP contribution in [0.1, 0.15) is 32.3 Å². The Labute approximate surface area is 90.9 Å². The number of primary amides is 1. The second-order valence-electron chi connectivity index (χ2n) is 3.83.